The Bertz CT molecular complexity index is 695. The largest absolute Gasteiger partial charge is 0.390 e. The molecule has 0 spiro atoms. The molecule has 0 amide bonds. The Morgan fingerprint density at radius 3 is 2.41 bits per heavy atom. The minimum Gasteiger partial charge on any atom is -0.390 e. The van der Waals surface area contributed by atoms with Gasteiger partial charge in [-0.15, -0.1) is 0 Å². The van der Waals surface area contributed by atoms with Crippen LogP contribution in [0.15, 0.2) is 23.3 Å². The lowest BCUT2D eigenvalue weighted by atomic mass is 9.60. The molecule has 0 aromatic carbocycles. The number of hydrogen-bond acceptors (Lipinski definition) is 4. The Morgan fingerprint density at radius 2 is 1.81 bits per heavy atom. The molecule has 4 nitrogen and oxygen atoms in total. The third kappa shape index (κ3) is 5.32. The Hall–Kier alpha value is -0.750. The van der Waals surface area contributed by atoms with Crippen LogP contribution in [0.25, 0.3) is 0 Å². The highest BCUT2D eigenvalue weighted by Gasteiger charge is 2.50. The third-order valence-electron chi connectivity index (χ3n) is 8.99. The van der Waals surface area contributed by atoms with Crippen LogP contribution in [-0.4, -0.2) is 50.5 Å². The highest BCUT2D eigenvalue weighted by atomic mass is 19.1. The Kier molecular flexibility index (Phi) is 7.96. The summed E-state index contributed by atoms with van der Waals surface area (Å²) in [6, 6.07) is 0. The van der Waals surface area contributed by atoms with Crippen LogP contribution in [0.5, 0.6) is 0 Å². The van der Waals surface area contributed by atoms with E-state index in [1.165, 1.54) is 31.3 Å². The van der Waals surface area contributed by atoms with E-state index in [2.05, 4.69) is 19.9 Å². The van der Waals surface area contributed by atoms with Gasteiger partial charge in [0.15, 0.2) is 0 Å². The van der Waals surface area contributed by atoms with Gasteiger partial charge in [-0.1, -0.05) is 50.0 Å². The van der Waals surface area contributed by atoms with Gasteiger partial charge in [-0.25, -0.2) is 4.39 Å². The molecular formula is C27H45FO4. The number of alkyl halides is 1. The van der Waals surface area contributed by atoms with Crippen LogP contribution in [0.3, 0.4) is 0 Å². The molecule has 5 heteroatoms. The summed E-state index contributed by atoms with van der Waals surface area (Å²) >= 11 is 0. The molecule has 3 aliphatic carbocycles. The minimum absolute atomic E-state index is 0.198. The van der Waals surface area contributed by atoms with E-state index in [1.807, 2.05) is 19.9 Å². The highest BCUT2D eigenvalue weighted by Crippen LogP contribution is 2.60. The first-order chi connectivity index (χ1) is 14.9. The van der Waals surface area contributed by atoms with Gasteiger partial charge in [-0.3, -0.25) is 0 Å². The van der Waals surface area contributed by atoms with E-state index in [4.69, 9.17) is 0 Å². The van der Waals surface area contributed by atoms with E-state index in [9.17, 15) is 24.8 Å². The zero-order chi connectivity index (χ0) is 23.7. The summed E-state index contributed by atoms with van der Waals surface area (Å²) < 4.78 is 13.2. The normalized spacial score (nSPS) is 40.4. The zero-order valence-corrected chi connectivity index (χ0v) is 20.5. The van der Waals surface area contributed by atoms with Crippen molar-refractivity contribution in [3.63, 3.8) is 0 Å². The van der Waals surface area contributed by atoms with Gasteiger partial charge in [-0.2, -0.15) is 0 Å². The average molecular weight is 453 g/mol. The topological polar surface area (TPSA) is 80.9 Å². The second-order valence-corrected chi connectivity index (χ2v) is 11.9. The average Bonchev–Trinajstić information content (AvgIpc) is 3.06. The van der Waals surface area contributed by atoms with Gasteiger partial charge in [0.05, 0.1) is 17.8 Å². The number of hydrogen-bond donors (Lipinski definition) is 4. The molecule has 0 unspecified atom stereocenters. The maximum Gasteiger partial charge on any atom is 0.145 e. The smallest absolute Gasteiger partial charge is 0.145 e. The summed E-state index contributed by atoms with van der Waals surface area (Å²) in [5.41, 5.74) is 0.00579. The second kappa shape index (κ2) is 9.85. The van der Waals surface area contributed by atoms with Gasteiger partial charge in [-0.05, 0) is 88.4 Å². The van der Waals surface area contributed by atoms with Crippen LogP contribution in [0, 0.1) is 23.2 Å². The zero-order valence-electron chi connectivity index (χ0n) is 20.5. The predicted octanol–water partition coefficient (Wildman–Crippen LogP) is 4.85. The SMILES string of the molecule is C[C@H](CCCC(C)(C)O)[C@H]1CC[C@H]2/C(=C\C=C3C[C@@H](O)C(O)(CF)[C@H](O)C3)CCC[C@]12C. The Labute approximate surface area is 193 Å². The fraction of sp³-hybridized carbons (Fsp3) is 0.852. The van der Waals surface area contributed by atoms with Gasteiger partial charge >= 0.3 is 0 Å². The molecule has 0 aromatic rings. The Balaban J connectivity index is 1.68. The van der Waals surface area contributed by atoms with Crippen LogP contribution in [0.4, 0.5) is 4.39 Å². The number of halogens is 1. The maximum atomic E-state index is 13.2. The predicted molar refractivity (Wildman–Crippen MR) is 126 cm³/mol. The van der Waals surface area contributed by atoms with Crippen molar-refractivity contribution in [2.24, 2.45) is 23.2 Å². The molecule has 0 bridgehead atoms. The summed E-state index contributed by atoms with van der Waals surface area (Å²) in [5, 5.41) is 40.6. The van der Waals surface area contributed by atoms with Crippen molar-refractivity contribution in [1.82, 2.24) is 0 Å². The first kappa shape index (κ1) is 25.9. The van der Waals surface area contributed by atoms with Gasteiger partial charge in [0, 0.05) is 0 Å². The molecule has 3 fully saturated rings. The Morgan fingerprint density at radius 1 is 1.16 bits per heavy atom. The highest BCUT2D eigenvalue weighted by molar-refractivity contribution is 5.27. The summed E-state index contributed by atoms with van der Waals surface area (Å²) in [7, 11) is 0. The number of rotatable bonds is 7. The standard InChI is InChI=1S/C27H45FO4/c1-18(7-5-13-25(2,3)31)21-11-12-22-20(8-6-14-26(21,22)4)10-9-19-15-23(29)27(32,17-28)24(30)16-19/h9-10,18,21-24,29-32H,5-8,11-17H2,1-4H3/b19-9?,20-10-/t18-,21-,22+,23-,24-,26-,27?/m1/s1. The molecule has 0 heterocycles. The number of aliphatic hydroxyl groups is 4. The molecule has 4 N–H and O–H groups in total. The van der Waals surface area contributed by atoms with Crippen LogP contribution in [0.1, 0.15) is 91.9 Å². The minimum atomic E-state index is -2.05. The van der Waals surface area contributed by atoms with Crippen LogP contribution in [-0.2, 0) is 0 Å². The second-order valence-electron chi connectivity index (χ2n) is 11.9. The lowest BCUT2D eigenvalue weighted by Gasteiger charge is -2.44. The van der Waals surface area contributed by atoms with E-state index in [0.717, 1.165) is 31.3 Å². The van der Waals surface area contributed by atoms with Crippen molar-refractivity contribution in [3.8, 4) is 0 Å². The van der Waals surface area contributed by atoms with Gasteiger partial charge in [0.1, 0.15) is 12.3 Å². The molecule has 3 aliphatic rings. The quantitative estimate of drug-likeness (QED) is 0.445. The summed E-state index contributed by atoms with van der Waals surface area (Å²) in [4.78, 5) is 0. The van der Waals surface area contributed by atoms with Crippen molar-refractivity contribution in [3.05, 3.63) is 23.3 Å². The number of fused-ring (bicyclic) bond motifs is 1. The molecule has 3 saturated carbocycles. The molecule has 0 aromatic heterocycles. The monoisotopic (exact) mass is 452 g/mol. The van der Waals surface area contributed by atoms with Crippen LogP contribution in [0.2, 0.25) is 0 Å². The molecule has 32 heavy (non-hydrogen) atoms. The molecule has 3 rings (SSSR count). The summed E-state index contributed by atoms with van der Waals surface area (Å²) in [6.07, 6.45) is 11.1. The maximum absolute atomic E-state index is 13.2. The van der Waals surface area contributed by atoms with Crippen LogP contribution >= 0.6 is 0 Å². The first-order valence-corrected chi connectivity index (χ1v) is 12.7. The molecular weight excluding hydrogens is 407 g/mol. The lowest BCUT2D eigenvalue weighted by molar-refractivity contribution is -0.165. The number of allylic oxidation sites excluding steroid dienone is 3. The summed E-state index contributed by atoms with van der Waals surface area (Å²) in [5.74, 6) is 1.91. The van der Waals surface area contributed by atoms with E-state index < -0.39 is 30.1 Å². The van der Waals surface area contributed by atoms with Gasteiger partial charge in [0.2, 0.25) is 0 Å². The number of aliphatic hydroxyl groups excluding tert-OH is 2. The molecule has 0 radical (unpaired) electrons. The van der Waals surface area contributed by atoms with Crippen molar-refractivity contribution in [1.29, 1.82) is 0 Å². The van der Waals surface area contributed by atoms with Gasteiger partial charge in [0.25, 0.3) is 0 Å². The summed E-state index contributed by atoms with van der Waals surface area (Å²) in [6.45, 7) is 7.50. The van der Waals surface area contributed by atoms with Crippen LogP contribution < -0.4 is 0 Å². The third-order valence-corrected chi connectivity index (χ3v) is 8.99. The molecule has 6 atom stereocenters. The fourth-order valence-corrected chi connectivity index (χ4v) is 6.97. The first-order valence-electron chi connectivity index (χ1n) is 12.7. The van der Waals surface area contributed by atoms with E-state index >= 15 is 0 Å². The van der Waals surface area contributed by atoms with Crippen molar-refractivity contribution in [2.45, 2.75) is 115 Å². The van der Waals surface area contributed by atoms with Crippen molar-refractivity contribution >= 4 is 0 Å². The van der Waals surface area contributed by atoms with Gasteiger partial charge < -0.3 is 20.4 Å². The fourth-order valence-electron chi connectivity index (χ4n) is 6.97. The van der Waals surface area contributed by atoms with Crippen molar-refractivity contribution < 1.29 is 24.8 Å². The lowest BCUT2D eigenvalue weighted by Crippen LogP contribution is -2.57. The van der Waals surface area contributed by atoms with E-state index in [-0.39, 0.29) is 12.8 Å². The van der Waals surface area contributed by atoms with Crippen molar-refractivity contribution in [2.75, 3.05) is 6.67 Å². The molecule has 0 saturated heterocycles. The molecule has 0 aliphatic heterocycles. The molecule has 184 valence electrons. The van der Waals surface area contributed by atoms with E-state index in [0.29, 0.717) is 23.2 Å². The van der Waals surface area contributed by atoms with E-state index in [1.54, 1.807) is 0 Å².